The molecule has 1 aliphatic heterocycles. The first-order valence-electron chi connectivity index (χ1n) is 8.35. The molecular weight excluding hydrogens is 324 g/mol. The smallest absolute Gasteiger partial charge is 0.274 e. The van der Waals surface area contributed by atoms with Crippen molar-refractivity contribution in [2.75, 3.05) is 13.6 Å². The number of halogens is 1. The Balaban J connectivity index is 0.00000169. The van der Waals surface area contributed by atoms with Crippen LogP contribution in [0.4, 0.5) is 0 Å². The van der Waals surface area contributed by atoms with Gasteiger partial charge in [0.1, 0.15) is 0 Å². The lowest BCUT2D eigenvalue weighted by Crippen LogP contribution is -2.41. The summed E-state index contributed by atoms with van der Waals surface area (Å²) in [5, 5.41) is 10.7. The highest BCUT2D eigenvalue weighted by Gasteiger charge is 2.29. The van der Waals surface area contributed by atoms with Gasteiger partial charge in [-0.3, -0.25) is 9.89 Å². The second-order valence-corrected chi connectivity index (χ2v) is 6.54. The maximum absolute atomic E-state index is 12.9. The molecule has 1 aromatic heterocycles. The lowest BCUT2D eigenvalue weighted by atomic mass is 9.87. The monoisotopic (exact) mass is 346 g/mol. The van der Waals surface area contributed by atoms with Gasteiger partial charge < -0.3 is 10.2 Å². The van der Waals surface area contributed by atoms with Gasteiger partial charge in [0.15, 0.2) is 5.69 Å². The number of H-pyrrole nitrogens is 1. The Labute approximate surface area is 148 Å². The molecule has 0 saturated heterocycles. The van der Waals surface area contributed by atoms with Crippen molar-refractivity contribution in [3.05, 3.63) is 52.3 Å². The van der Waals surface area contributed by atoms with E-state index >= 15 is 0 Å². The number of carbonyl (C=O) groups excluding carboxylic acids is 1. The Morgan fingerprint density at radius 3 is 2.88 bits per heavy atom. The molecule has 0 fully saturated rings. The molecule has 4 rings (SSSR count). The maximum Gasteiger partial charge on any atom is 0.274 e. The Morgan fingerprint density at radius 1 is 1.25 bits per heavy atom. The van der Waals surface area contributed by atoms with Crippen LogP contribution < -0.4 is 5.32 Å². The quantitative estimate of drug-likeness (QED) is 0.875. The third kappa shape index (κ3) is 2.94. The summed E-state index contributed by atoms with van der Waals surface area (Å²) in [7, 11) is 1.91. The molecule has 0 radical (unpaired) electrons. The average Bonchev–Trinajstić information content (AvgIpc) is 3.04. The van der Waals surface area contributed by atoms with Gasteiger partial charge in [-0.15, -0.1) is 12.4 Å². The number of nitrogens with zero attached hydrogens (tertiary/aromatic N) is 2. The van der Waals surface area contributed by atoms with E-state index in [0.717, 1.165) is 50.0 Å². The van der Waals surface area contributed by atoms with Crippen molar-refractivity contribution < 1.29 is 4.79 Å². The number of benzene rings is 1. The van der Waals surface area contributed by atoms with E-state index in [1.165, 1.54) is 11.1 Å². The molecule has 2 aliphatic rings. The van der Waals surface area contributed by atoms with E-state index in [2.05, 4.69) is 39.8 Å². The highest BCUT2D eigenvalue weighted by Crippen LogP contribution is 2.25. The van der Waals surface area contributed by atoms with Crippen LogP contribution in [-0.4, -0.2) is 40.6 Å². The highest BCUT2D eigenvalue weighted by atomic mass is 35.5. The van der Waals surface area contributed by atoms with E-state index < -0.39 is 0 Å². The second kappa shape index (κ2) is 6.95. The van der Waals surface area contributed by atoms with Crippen LogP contribution in [0.3, 0.4) is 0 Å². The van der Waals surface area contributed by atoms with Gasteiger partial charge in [0.2, 0.25) is 0 Å². The summed E-state index contributed by atoms with van der Waals surface area (Å²) < 4.78 is 0. The number of aromatic amines is 1. The van der Waals surface area contributed by atoms with E-state index in [1.54, 1.807) is 0 Å². The molecule has 0 bridgehead atoms. The van der Waals surface area contributed by atoms with Gasteiger partial charge in [-0.25, -0.2) is 0 Å². The van der Waals surface area contributed by atoms with Crippen LogP contribution in [0.15, 0.2) is 24.3 Å². The number of hydrogen-bond acceptors (Lipinski definition) is 3. The van der Waals surface area contributed by atoms with Crippen LogP contribution in [0.2, 0.25) is 0 Å². The third-order valence-corrected chi connectivity index (χ3v) is 5.20. The first kappa shape index (κ1) is 17.0. The van der Waals surface area contributed by atoms with Gasteiger partial charge in [-0.2, -0.15) is 5.10 Å². The summed E-state index contributed by atoms with van der Waals surface area (Å²) in [6.07, 6.45) is 3.90. The zero-order valence-electron chi connectivity index (χ0n) is 13.8. The van der Waals surface area contributed by atoms with Crippen molar-refractivity contribution in [1.29, 1.82) is 0 Å². The number of nitrogens with one attached hydrogen (secondary N) is 2. The molecule has 1 aliphatic carbocycles. The lowest BCUT2D eigenvalue weighted by molar-refractivity contribution is 0.0711. The third-order valence-electron chi connectivity index (χ3n) is 5.20. The largest absolute Gasteiger partial charge is 0.337 e. The first-order chi connectivity index (χ1) is 11.2. The molecule has 1 atom stereocenters. The molecule has 2 N–H and O–H groups in total. The van der Waals surface area contributed by atoms with E-state index in [1.807, 2.05) is 11.9 Å². The standard InChI is InChI=1S/C18H22N4O.ClH/c1-22(14-7-6-12-4-2-3-5-13(12)10-14)18(23)17-15-11-19-9-8-16(15)20-21-17;/h2-5,14,19H,6-11H2,1H3,(H,20,21);1H. The molecule has 2 heterocycles. The van der Waals surface area contributed by atoms with E-state index in [0.29, 0.717) is 5.69 Å². The average molecular weight is 347 g/mol. The van der Waals surface area contributed by atoms with E-state index in [-0.39, 0.29) is 24.4 Å². The van der Waals surface area contributed by atoms with Crippen molar-refractivity contribution in [3.63, 3.8) is 0 Å². The zero-order chi connectivity index (χ0) is 15.8. The Kier molecular flexibility index (Phi) is 4.92. The number of hydrogen-bond donors (Lipinski definition) is 2. The number of carbonyl (C=O) groups is 1. The zero-order valence-corrected chi connectivity index (χ0v) is 14.7. The van der Waals surface area contributed by atoms with Gasteiger partial charge in [-0.05, 0) is 30.4 Å². The van der Waals surface area contributed by atoms with Crippen LogP contribution in [-0.2, 0) is 25.8 Å². The Hall–Kier alpha value is -1.85. The molecule has 24 heavy (non-hydrogen) atoms. The van der Waals surface area contributed by atoms with Crippen LogP contribution >= 0.6 is 12.4 Å². The molecule has 2 aromatic rings. The molecule has 6 heteroatoms. The van der Waals surface area contributed by atoms with Crippen molar-refractivity contribution in [2.24, 2.45) is 0 Å². The minimum atomic E-state index is 0. The van der Waals surface area contributed by atoms with Crippen LogP contribution in [0.25, 0.3) is 0 Å². The fourth-order valence-electron chi connectivity index (χ4n) is 3.74. The summed E-state index contributed by atoms with van der Waals surface area (Å²) in [4.78, 5) is 14.8. The minimum Gasteiger partial charge on any atom is -0.337 e. The predicted octanol–water partition coefficient (Wildman–Crippen LogP) is 2.11. The normalized spacial score (nSPS) is 19.0. The molecule has 0 spiro atoms. The SMILES string of the molecule is CN(C(=O)c1n[nH]c2c1CNCC2)C1CCc2ccccc2C1.Cl. The summed E-state index contributed by atoms with van der Waals surface area (Å²) in [6.45, 7) is 1.67. The van der Waals surface area contributed by atoms with Crippen LogP contribution in [0, 0.1) is 0 Å². The molecule has 1 aromatic carbocycles. The van der Waals surface area contributed by atoms with Gasteiger partial charge in [0.25, 0.3) is 5.91 Å². The minimum absolute atomic E-state index is 0. The fraction of sp³-hybridized carbons (Fsp3) is 0.444. The van der Waals surface area contributed by atoms with Crippen molar-refractivity contribution >= 4 is 18.3 Å². The molecule has 5 nitrogen and oxygen atoms in total. The predicted molar refractivity (Wildman–Crippen MR) is 95.6 cm³/mol. The topological polar surface area (TPSA) is 61.0 Å². The van der Waals surface area contributed by atoms with E-state index in [4.69, 9.17) is 0 Å². The molecule has 1 unspecified atom stereocenters. The van der Waals surface area contributed by atoms with Crippen LogP contribution in [0.5, 0.6) is 0 Å². The van der Waals surface area contributed by atoms with Gasteiger partial charge in [0.05, 0.1) is 0 Å². The summed E-state index contributed by atoms with van der Waals surface area (Å²) in [5.74, 6) is 0.0376. The van der Waals surface area contributed by atoms with Gasteiger partial charge in [-0.1, -0.05) is 24.3 Å². The number of fused-ring (bicyclic) bond motifs is 2. The van der Waals surface area contributed by atoms with Gasteiger partial charge >= 0.3 is 0 Å². The molecule has 1 amide bonds. The summed E-state index contributed by atoms with van der Waals surface area (Å²) in [6, 6.07) is 8.81. The van der Waals surface area contributed by atoms with Gasteiger partial charge in [0, 0.05) is 43.9 Å². The van der Waals surface area contributed by atoms with Crippen molar-refractivity contribution in [2.45, 2.75) is 38.3 Å². The Morgan fingerprint density at radius 2 is 2.04 bits per heavy atom. The lowest BCUT2D eigenvalue weighted by Gasteiger charge is -2.32. The number of aryl methyl sites for hydroxylation is 1. The number of likely N-dealkylation sites (N-methyl/N-ethyl adjacent to an activating group) is 1. The van der Waals surface area contributed by atoms with Crippen molar-refractivity contribution in [1.82, 2.24) is 20.4 Å². The summed E-state index contributed by atoms with van der Waals surface area (Å²) >= 11 is 0. The second-order valence-electron chi connectivity index (χ2n) is 6.54. The van der Waals surface area contributed by atoms with E-state index in [9.17, 15) is 4.79 Å². The first-order valence-corrected chi connectivity index (χ1v) is 8.35. The fourth-order valence-corrected chi connectivity index (χ4v) is 3.74. The number of amides is 1. The molecule has 128 valence electrons. The Bertz CT molecular complexity index is 742. The van der Waals surface area contributed by atoms with Crippen LogP contribution in [0.1, 0.15) is 39.3 Å². The molecule has 0 saturated carbocycles. The highest BCUT2D eigenvalue weighted by molar-refractivity contribution is 5.94. The number of aromatic nitrogens is 2. The molecular formula is C18H23ClN4O. The number of rotatable bonds is 2. The maximum atomic E-state index is 12.9. The van der Waals surface area contributed by atoms with Crippen molar-refractivity contribution in [3.8, 4) is 0 Å². The summed E-state index contributed by atoms with van der Waals surface area (Å²) in [5.41, 5.74) is 5.53.